The van der Waals surface area contributed by atoms with Crippen molar-refractivity contribution >= 4 is 33.9 Å². The van der Waals surface area contributed by atoms with Gasteiger partial charge in [-0.3, -0.25) is 14.5 Å². The molecule has 1 aromatic heterocycles. The monoisotopic (exact) mass is 466 g/mol. The summed E-state index contributed by atoms with van der Waals surface area (Å²) in [7, 11) is 1.40. The molecule has 170 valence electrons. The summed E-state index contributed by atoms with van der Waals surface area (Å²) in [5.74, 6) is -1.34. The second kappa shape index (κ2) is 9.33. The molecule has 1 aliphatic heterocycles. The number of aliphatic hydroxyl groups excluding tert-OH is 1. The van der Waals surface area contributed by atoms with E-state index in [0.717, 1.165) is 6.42 Å². The second-order valence-electron chi connectivity index (χ2n) is 7.29. The summed E-state index contributed by atoms with van der Waals surface area (Å²) in [6.45, 7) is 2.49. The van der Waals surface area contributed by atoms with Gasteiger partial charge in [-0.05, 0) is 36.2 Å². The van der Waals surface area contributed by atoms with Gasteiger partial charge in [0.05, 0.1) is 25.3 Å². The number of aromatic nitrogens is 1. The van der Waals surface area contributed by atoms with Crippen molar-refractivity contribution in [3.8, 4) is 17.2 Å². The van der Waals surface area contributed by atoms with Crippen molar-refractivity contribution in [2.45, 2.75) is 19.4 Å². The van der Waals surface area contributed by atoms with Crippen LogP contribution < -0.4 is 14.4 Å². The highest BCUT2D eigenvalue weighted by Crippen LogP contribution is 2.44. The van der Waals surface area contributed by atoms with Gasteiger partial charge >= 0.3 is 5.91 Å². The van der Waals surface area contributed by atoms with Crippen LogP contribution in [-0.2, 0) is 9.59 Å². The molecule has 1 fully saturated rings. The number of phenolic OH excluding ortho intramolecular Hbond substituents is 1. The van der Waals surface area contributed by atoms with Crippen LogP contribution in [0.4, 0.5) is 5.13 Å². The van der Waals surface area contributed by atoms with Crippen LogP contribution >= 0.6 is 11.3 Å². The minimum absolute atomic E-state index is 0.0874. The van der Waals surface area contributed by atoms with E-state index in [2.05, 4.69) is 4.98 Å². The molecular weight excluding hydrogens is 444 g/mol. The van der Waals surface area contributed by atoms with Gasteiger partial charge in [-0.15, -0.1) is 11.3 Å². The summed E-state index contributed by atoms with van der Waals surface area (Å²) >= 11 is 1.20. The standard InChI is InChI=1S/C24H22N2O6S/c1-3-10-32-16-6-4-5-15(12-16)21(28)19-20(14-7-8-17(27)18(13-14)31-2)26(23(30)22(19)29)24-25-9-11-33-24/h4-9,11-13,20,27-28H,3,10H2,1-2H3. The molecule has 2 heterocycles. The Balaban J connectivity index is 1.89. The Morgan fingerprint density at radius 2 is 2.03 bits per heavy atom. The number of aliphatic hydroxyl groups is 1. The highest BCUT2D eigenvalue weighted by molar-refractivity contribution is 7.14. The molecule has 0 radical (unpaired) electrons. The summed E-state index contributed by atoms with van der Waals surface area (Å²) in [4.78, 5) is 31.7. The van der Waals surface area contributed by atoms with E-state index < -0.39 is 17.7 Å². The fraction of sp³-hybridized carbons (Fsp3) is 0.208. The molecule has 2 aromatic carbocycles. The number of aromatic hydroxyl groups is 1. The third-order valence-electron chi connectivity index (χ3n) is 5.17. The molecule has 2 N–H and O–H groups in total. The summed E-state index contributed by atoms with van der Waals surface area (Å²) in [5, 5.41) is 23.2. The van der Waals surface area contributed by atoms with Crippen molar-refractivity contribution in [3.05, 3.63) is 70.7 Å². The molecule has 0 saturated carbocycles. The fourth-order valence-electron chi connectivity index (χ4n) is 3.65. The topological polar surface area (TPSA) is 109 Å². The van der Waals surface area contributed by atoms with Crippen molar-refractivity contribution in [2.24, 2.45) is 0 Å². The minimum atomic E-state index is -0.967. The number of carbonyl (C=O) groups excluding carboxylic acids is 2. The molecule has 3 aromatic rings. The molecule has 9 heteroatoms. The summed E-state index contributed by atoms with van der Waals surface area (Å²) < 4.78 is 10.9. The lowest BCUT2D eigenvalue weighted by Gasteiger charge is -2.23. The van der Waals surface area contributed by atoms with E-state index in [-0.39, 0.29) is 22.8 Å². The van der Waals surface area contributed by atoms with Crippen LogP contribution in [0.5, 0.6) is 17.2 Å². The SMILES string of the molecule is CCCOc1cccc(C(O)=C2C(=O)C(=O)N(c3nccs3)C2c2ccc(O)c(OC)c2)c1. The zero-order chi connectivity index (χ0) is 23.5. The highest BCUT2D eigenvalue weighted by Gasteiger charge is 2.48. The number of Topliss-reactive ketones (excluding diaryl/α,β-unsaturated/α-hetero) is 1. The number of nitrogens with zero attached hydrogens (tertiary/aromatic N) is 2. The average molecular weight is 467 g/mol. The molecule has 4 rings (SSSR count). The number of hydrogen-bond acceptors (Lipinski definition) is 8. The normalized spacial score (nSPS) is 17.4. The van der Waals surface area contributed by atoms with E-state index >= 15 is 0 Å². The molecule has 1 unspecified atom stereocenters. The van der Waals surface area contributed by atoms with Crippen LogP contribution in [0.2, 0.25) is 0 Å². The molecule has 1 saturated heterocycles. The first-order valence-corrected chi connectivity index (χ1v) is 11.1. The van der Waals surface area contributed by atoms with Crippen molar-refractivity contribution < 1.29 is 29.3 Å². The minimum Gasteiger partial charge on any atom is -0.507 e. The number of anilines is 1. The maximum atomic E-state index is 13.1. The molecule has 8 nitrogen and oxygen atoms in total. The van der Waals surface area contributed by atoms with Gasteiger partial charge in [0.1, 0.15) is 11.5 Å². The Labute approximate surface area is 194 Å². The van der Waals surface area contributed by atoms with Crippen LogP contribution in [0.15, 0.2) is 59.6 Å². The Morgan fingerprint density at radius 1 is 1.21 bits per heavy atom. The van der Waals surface area contributed by atoms with Crippen LogP contribution in [0.3, 0.4) is 0 Å². The number of thiazole rings is 1. The van der Waals surface area contributed by atoms with Crippen molar-refractivity contribution in [3.63, 3.8) is 0 Å². The number of phenols is 1. The molecule has 33 heavy (non-hydrogen) atoms. The Morgan fingerprint density at radius 3 is 2.73 bits per heavy atom. The number of benzene rings is 2. The highest BCUT2D eigenvalue weighted by atomic mass is 32.1. The first-order valence-electron chi connectivity index (χ1n) is 10.3. The predicted molar refractivity (Wildman–Crippen MR) is 124 cm³/mol. The summed E-state index contributed by atoms with van der Waals surface area (Å²) in [6.07, 6.45) is 2.35. The Bertz CT molecular complexity index is 1220. The van der Waals surface area contributed by atoms with E-state index in [9.17, 15) is 19.8 Å². The fourth-order valence-corrected chi connectivity index (χ4v) is 4.32. The molecule has 0 spiro atoms. The smallest absolute Gasteiger partial charge is 0.301 e. The van der Waals surface area contributed by atoms with E-state index in [0.29, 0.717) is 28.6 Å². The van der Waals surface area contributed by atoms with Crippen LogP contribution in [0, 0.1) is 0 Å². The van der Waals surface area contributed by atoms with E-state index in [1.807, 2.05) is 6.92 Å². The van der Waals surface area contributed by atoms with Gasteiger partial charge in [0.25, 0.3) is 5.78 Å². The van der Waals surface area contributed by atoms with Crippen molar-refractivity contribution in [1.29, 1.82) is 0 Å². The van der Waals surface area contributed by atoms with E-state index in [1.54, 1.807) is 35.7 Å². The number of carbonyl (C=O) groups is 2. The summed E-state index contributed by atoms with van der Waals surface area (Å²) in [5.41, 5.74) is 0.728. The lowest BCUT2D eigenvalue weighted by molar-refractivity contribution is -0.132. The number of rotatable bonds is 7. The van der Waals surface area contributed by atoms with Gasteiger partial charge < -0.3 is 19.7 Å². The molecular formula is C24H22N2O6S. The zero-order valence-electron chi connectivity index (χ0n) is 18.0. The Kier molecular flexibility index (Phi) is 6.32. The summed E-state index contributed by atoms with van der Waals surface area (Å²) in [6, 6.07) is 10.3. The van der Waals surface area contributed by atoms with Gasteiger partial charge in [0.15, 0.2) is 16.6 Å². The number of methoxy groups -OCH3 is 1. The number of ketones is 1. The quantitative estimate of drug-likeness (QED) is 0.304. The molecule has 1 atom stereocenters. The van der Waals surface area contributed by atoms with E-state index in [1.165, 1.54) is 41.7 Å². The van der Waals surface area contributed by atoms with Gasteiger partial charge in [0.2, 0.25) is 0 Å². The lowest BCUT2D eigenvalue weighted by Crippen LogP contribution is -2.29. The predicted octanol–water partition coefficient (Wildman–Crippen LogP) is 4.27. The first-order chi connectivity index (χ1) is 16.0. The van der Waals surface area contributed by atoms with Gasteiger partial charge in [-0.2, -0.15) is 0 Å². The van der Waals surface area contributed by atoms with Crippen LogP contribution in [-0.4, -0.2) is 40.6 Å². The molecule has 1 amide bonds. The molecule has 1 aliphatic rings. The Hall–Kier alpha value is -3.85. The first kappa shape index (κ1) is 22.3. The van der Waals surface area contributed by atoms with Gasteiger partial charge in [-0.1, -0.05) is 25.1 Å². The maximum absolute atomic E-state index is 13.1. The zero-order valence-corrected chi connectivity index (χ0v) is 18.8. The molecule has 0 bridgehead atoms. The van der Waals surface area contributed by atoms with Crippen molar-refractivity contribution in [1.82, 2.24) is 4.98 Å². The maximum Gasteiger partial charge on any atom is 0.301 e. The van der Waals surface area contributed by atoms with Crippen LogP contribution in [0.25, 0.3) is 5.76 Å². The number of ether oxygens (including phenoxy) is 2. The van der Waals surface area contributed by atoms with Crippen molar-refractivity contribution in [2.75, 3.05) is 18.6 Å². The van der Waals surface area contributed by atoms with Gasteiger partial charge in [-0.25, -0.2) is 4.98 Å². The number of hydrogen-bond donors (Lipinski definition) is 2. The lowest BCUT2D eigenvalue weighted by atomic mass is 9.95. The average Bonchev–Trinajstić information content (AvgIpc) is 3.44. The van der Waals surface area contributed by atoms with Gasteiger partial charge in [0, 0.05) is 17.1 Å². The third-order valence-corrected chi connectivity index (χ3v) is 5.94. The van der Waals surface area contributed by atoms with Crippen LogP contribution in [0.1, 0.15) is 30.5 Å². The third kappa shape index (κ3) is 4.14. The largest absolute Gasteiger partial charge is 0.507 e. The second-order valence-corrected chi connectivity index (χ2v) is 8.16. The molecule has 0 aliphatic carbocycles. The van der Waals surface area contributed by atoms with E-state index in [4.69, 9.17) is 9.47 Å². The number of amides is 1.